The van der Waals surface area contributed by atoms with Gasteiger partial charge in [-0.05, 0) is 25.3 Å². The van der Waals surface area contributed by atoms with Crippen molar-refractivity contribution in [2.24, 2.45) is 0 Å². The van der Waals surface area contributed by atoms with Crippen molar-refractivity contribution in [3.8, 4) is 5.75 Å². The van der Waals surface area contributed by atoms with Crippen molar-refractivity contribution in [1.29, 1.82) is 0 Å². The molecule has 0 saturated heterocycles. The highest BCUT2D eigenvalue weighted by Crippen LogP contribution is 2.36. The van der Waals surface area contributed by atoms with Crippen molar-refractivity contribution in [2.45, 2.75) is 26.3 Å². The fourth-order valence-corrected chi connectivity index (χ4v) is 2.66. The van der Waals surface area contributed by atoms with E-state index in [0.717, 1.165) is 53.4 Å². The third kappa shape index (κ3) is 1.00. The van der Waals surface area contributed by atoms with Gasteiger partial charge in [0.2, 0.25) is 0 Å². The van der Waals surface area contributed by atoms with Crippen molar-refractivity contribution < 1.29 is 9.90 Å². The number of hydrogen-bond acceptors (Lipinski definition) is 2. The van der Waals surface area contributed by atoms with E-state index in [1.54, 1.807) is 0 Å². The van der Waals surface area contributed by atoms with Crippen LogP contribution in [-0.4, -0.2) is 16.0 Å². The Morgan fingerprint density at radius 2 is 2.25 bits per heavy atom. The average Bonchev–Trinajstić information content (AvgIpc) is 2.82. The molecule has 0 spiro atoms. The maximum absolute atomic E-state index is 11.1. The number of aromatic hydroxyl groups is 1. The number of fused-ring (bicyclic) bond motifs is 3. The first kappa shape index (κ1) is 9.46. The first-order valence-corrected chi connectivity index (χ1v) is 5.53. The van der Waals surface area contributed by atoms with Gasteiger partial charge in [-0.1, -0.05) is 12.1 Å². The molecule has 0 amide bonds. The highest BCUT2D eigenvalue weighted by Gasteiger charge is 2.23. The second-order valence-corrected chi connectivity index (χ2v) is 4.36. The van der Waals surface area contributed by atoms with Crippen LogP contribution in [0.3, 0.4) is 0 Å². The predicted octanol–water partition coefficient (Wildman–Crippen LogP) is 2.41. The van der Waals surface area contributed by atoms with Crippen LogP contribution in [0.5, 0.6) is 5.75 Å². The van der Waals surface area contributed by atoms with E-state index < -0.39 is 0 Å². The van der Waals surface area contributed by atoms with Crippen LogP contribution >= 0.6 is 0 Å². The summed E-state index contributed by atoms with van der Waals surface area (Å²) < 4.78 is 2.08. The van der Waals surface area contributed by atoms with Crippen molar-refractivity contribution in [3.05, 3.63) is 29.0 Å². The van der Waals surface area contributed by atoms with Crippen molar-refractivity contribution in [3.63, 3.8) is 0 Å². The molecule has 82 valence electrons. The highest BCUT2D eigenvalue weighted by atomic mass is 16.3. The van der Waals surface area contributed by atoms with E-state index in [2.05, 4.69) is 4.57 Å². The Morgan fingerprint density at radius 3 is 3.00 bits per heavy atom. The van der Waals surface area contributed by atoms with Crippen LogP contribution in [0.2, 0.25) is 0 Å². The van der Waals surface area contributed by atoms with Crippen LogP contribution in [0.4, 0.5) is 0 Å². The zero-order valence-electron chi connectivity index (χ0n) is 9.16. The molecule has 1 N–H and O–H groups in total. The smallest absolute Gasteiger partial charge is 0.152 e. The maximum Gasteiger partial charge on any atom is 0.152 e. The number of aryl methyl sites for hydroxylation is 2. The summed E-state index contributed by atoms with van der Waals surface area (Å²) >= 11 is 0. The van der Waals surface area contributed by atoms with Gasteiger partial charge in [0.05, 0.1) is 5.52 Å². The van der Waals surface area contributed by atoms with E-state index in [1.165, 1.54) is 0 Å². The quantitative estimate of drug-likeness (QED) is 0.742. The number of aldehydes is 1. The third-order valence-electron chi connectivity index (χ3n) is 3.46. The number of carbonyl (C=O) groups is 1. The molecule has 2 heterocycles. The molecule has 1 aliphatic rings. The number of phenolic OH excluding ortho intramolecular Hbond substituents is 1. The Kier molecular flexibility index (Phi) is 1.84. The lowest BCUT2D eigenvalue weighted by atomic mass is 10.1. The maximum atomic E-state index is 11.1. The number of carbonyl (C=O) groups excluding carboxylic acids is 1. The van der Waals surface area contributed by atoms with Gasteiger partial charge in [0.15, 0.2) is 6.29 Å². The molecule has 16 heavy (non-hydrogen) atoms. The summed E-state index contributed by atoms with van der Waals surface area (Å²) in [6.45, 7) is 2.78. The number of benzene rings is 1. The topological polar surface area (TPSA) is 42.2 Å². The molecule has 3 heteroatoms. The molecule has 0 saturated carbocycles. The number of phenols is 1. The largest absolute Gasteiger partial charge is 0.505 e. The second kappa shape index (κ2) is 3.11. The van der Waals surface area contributed by atoms with Crippen molar-refractivity contribution in [1.82, 2.24) is 4.57 Å². The van der Waals surface area contributed by atoms with Crippen LogP contribution in [0.1, 0.15) is 28.0 Å². The number of nitrogens with zero attached hydrogens (tertiary/aromatic N) is 1. The van der Waals surface area contributed by atoms with Gasteiger partial charge in [-0.25, -0.2) is 0 Å². The van der Waals surface area contributed by atoms with Gasteiger partial charge >= 0.3 is 0 Å². The van der Waals surface area contributed by atoms with Gasteiger partial charge in [-0.15, -0.1) is 0 Å². The Labute approximate surface area is 93.3 Å². The fraction of sp³-hybridized carbons (Fsp3) is 0.308. The lowest BCUT2D eigenvalue weighted by molar-refractivity contribution is 0.112. The molecule has 1 aliphatic heterocycles. The molecule has 2 aromatic rings. The lowest BCUT2D eigenvalue weighted by Gasteiger charge is -2.04. The summed E-state index contributed by atoms with van der Waals surface area (Å²) in [5, 5.41) is 11.0. The van der Waals surface area contributed by atoms with E-state index in [4.69, 9.17) is 0 Å². The Bertz CT molecular complexity index is 596. The van der Waals surface area contributed by atoms with Crippen LogP contribution in [0, 0.1) is 6.92 Å². The number of aromatic nitrogens is 1. The molecule has 0 bridgehead atoms. The molecule has 0 fully saturated rings. The van der Waals surface area contributed by atoms with Gasteiger partial charge < -0.3 is 9.67 Å². The first-order chi connectivity index (χ1) is 7.74. The summed E-state index contributed by atoms with van der Waals surface area (Å²) in [4.78, 5) is 11.1. The van der Waals surface area contributed by atoms with Gasteiger partial charge in [-0.3, -0.25) is 4.79 Å². The molecule has 0 radical (unpaired) electrons. The summed E-state index contributed by atoms with van der Waals surface area (Å²) in [5.74, 6) is 0.314. The summed E-state index contributed by atoms with van der Waals surface area (Å²) in [6.07, 6.45) is 2.90. The van der Waals surface area contributed by atoms with E-state index >= 15 is 0 Å². The summed E-state index contributed by atoms with van der Waals surface area (Å²) in [5.41, 5.74) is 3.51. The molecule has 0 unspecified atom stereocenters. The third-order valence-corrected chi connectivity index (χ3v) is 3.46. The Balaban J connectivity index is 2.51. The number of rotatable bonds is 1. The minimum atomic E-state index is 0.314. The number of hydrogen-bond donors (Lipinski definition) is 1. The standard InChI is InChI=1S/C13H13NO2/c1-8-4-5-9-10(7-15)11-3-2-6-14(11)12(9)13(8)16/h4-5,7,16H,2-3,6H2,1H3. The molecule has 1 aromatic carbocycles. The van der Waals surface area contributed by atoms with Gasteiger partial charge in [0.1, 0.15) is 5.75 Å². The minimum Gasteiger partial charge on any atom is -0.505 e. The minimum absolute atomic E-state index is 0.314. The first-order valence-electron chi connectivity index (χ1n) is 5.53. The van der Waals surface area contributed by atoms with Gasteiger partial charge in [0.25, 0.3) is 0 Å². The van der Waals surface area contributed by atoms with Crippen LogP contribution in [-0.2, 0) is 13.0 Å². The predicted molar refractivity (Wildman–Crippen MR) is 62.0 cm³/mol. The molecule has 3 nitrogen and oxygen atoms in total. The average molecular weight is 215 g/mol. The zero-order valence-corrected chi connectivity index (χ0v) is 9.16. The lowest BCUT2D eigenvalue weighted by Crippen LogP contribution is -1.92. The summed E-state index contributed by atoms with van der Waals surface area (Å²) in [6, 6.07) is 3.79. The summed E-state index contributed by atoms with van der Waals surface area (Å²) in [7, 11) is 0. The Hall–Kier alpha value is -1.77. The molecular weight excluding hydrogens is 202 g/mol. The van der Waals surface area contributed by atoms with Crippen LogP contribution in [0.25, 0.3) is 10.9 Å². The molecule has 0 aliphatic carbocycles. The van der Waals surface area contributed by atoms with E-state index in [0.29, 0.717) is 5.75 Å². The van der Waals surface area contributed by atoms with Crippen LogP contribution < -0.4 is 0 Å². The van der Waals surface area contributed by atoms with Gasteiger partial charge in [0, 0.05) is 23.2 Å². The normalized spacial score (nSPS) is 14.3. The SMILES string of the molecule is Cc1ccc2c(C=O)c3n(c2c1O)CCC3. The second-order valence-electron chi connectivity index (χ2n) is 4.36. The molecular formula is C13H13NO2. The monoisotopic (exact) mass is 215 g/mol. The molecule has 1 aromatic heterocycles. The van der Waals surface area contributed by atoms with Crippen molar-refractivity contribution in [2.75, 3.05) is 0 Å². The van der Waals surface area contributed by atoms with Crippen molar-refractivity contribution >= 4 is 17.2 Å². The Morgan fingerprint density at radius 1 is 1.44 bits per heavy atom. The fourth-order valence-electron chi connectivity index (χ4n) is 2.66. The van der Waals surface area contributed by atoms with E-state index in [9.17, 15) is 9.90 Å². The van der Waals surface area contributed by atoms with Gasteiger partial charge in [-0.2, -0.15) is 0 Å². The molecule has 0 atom stereocenters. The highest BCUT2D eigenvalue weighted by molar-refractivity contribution is 6.02. The van der Waals surface area contributed by atoms with Crippen LogP contribution in [0.15, 0.2) is 12.1 Å². The molecule has 3 rings (SSSR count). The zero-order chi connectivity index (χ0) is 11.3. The van der Waals surface area contributed by atoms with E-state index in [-0.39, 0.29) is 0 Å². The van der Waals surface area contributed by atoms with E-state index in [1.807, 2.05) is 19.1 Å².